The van der Waals surface area contributed by atoms with Crippen molar-refractivity contribution < 1.29 is 10.2 Å². The maximum Gasteiger partial charge on any atom is 0.0497 e. The van der Waals surface area contributed by atoms with Crippen LogP contribution in [0.15, 0.2) is 12.2 Å². The summed E-state index contributed by atoms with van der Waals surface area (Å²) >= 11 is 0. The van der Waals surface area contributed by atoms with E-state index in [-0.39, 0.29) is 25.0 Å². The van der Waals surface area contributed by atoms with Crippen LogP contribution in [0.4, 0.5) is 0 Å². The Labute approximate surface area is 61.2 Å². The molecule has 0 saturated carbocycles. The van der Waals surface area contributed by atoms with Gasteiger partial charge < -0.3 is 10.2 Å². The van der Waals surface area contributed by atoms with Crippen molar-refractivity contribution >= 4 is 0 Å². The Bertz CT molecular complexity index is 120. The number of hydrogen-bond donors (Lipinski definition) is 2. The molecular formula is C8H14O2. The normalized spacial score (nSPS) is 32.6. The maximum atomic E-state index is 8.85. The van der Waals surface area contributed by atoms with Crippen LogP contribution < -0.4 is 0 Å². The Morgan fingerprint density at radius 1 is 1.30 bits per heavy atom. The van der Waals surface area contributed by atoms with E-state index in [1.54, 1.807) is 0 Å². The first-order valence-corrected chi connectivity index (χ1v) is 3.77. The van der Waals surface area contributed by atoms with E-state index in [0.717, 1.165) is 12.8 Å². The monoisotopic (exact) mass is 142 g/mol. The molecule has 0 spiro atoms. The van der Waals surface area contributed by atoms with Crippen LogP contribution in [0.1, 0.15) is 12.8 Å². The van der Waals surface area contributed by atoms with Crippen molar-refractivity contribution in [1.29, 1.82) is 0 Å². The molecule has 2 heteroatoms. The summed E-state index contributed by atoms with van der Waals surface area (Å²) in [4.78, 5) is 0. The summed E-state index contributed by atoms with van der Waals surface area (Å²) in [6, 6.07) is 0. The van der Waals surface area contributed by atoms with Crippen molar-refractivity contribution in [2.45, 2.75) is 12.8 Å². The van der Waals surface area contributed by atoms with Crippen LogP contribution in [-0.2, 0) is 0 Å². The first-order valence-electron chi connectivity index (χ1n) is 3.77. The summed E-state index contributed by atoms with van der Waals surface area (Å²) in [5.41, 5.74) is 0. The van der Waals surface area contributed by atoms with Crippen LogP contribution in [0.5, 0.6) is 0 Å². The minimum atomic E-state index is 0.168. The van der Waals surface area contributed by atoms with Crippen molar-refractivity contribution in [3.63, 3.8) is 0 Å². The van der Waals surface area contributed by atoms with Crippen LogP contribution in [0, 0.1) is 11.8 Å². The van der Waals surface area contributed by atoms with E-state index in [1.165, 1.54) is 0 Å². The molecule has 0 aromatic carbocycles. The molecule has 0 aromatic rings. The summed E-state index contributed by atoms with van der Waals surface area (Å²) in [6.07, 6.45) is 6.14. The van der Waals surface area contributed by atoms with E-state index in [0.29, 0.717) is 0 Å². The van der Waals surface area contributed by atoms with Crippen molar-refractivity contribution in [2.75, 3.05) is 13.2 Å². The molecule has 0 aliphatic heterocycles. The summed E-state index contributed by atoms with van der Waals surface area (Å²) in [6.45, 7) is 0.372. The van der Waals surface area contributed by atoms with E-state index < -0.39 is 0 Å². The minimum absolute atomic E-state index is 0.168. The predicted octanol–water partition coefficient (Wildman–Crippen LogP) is 0.553. The number of hydrogen-bond acceptors (Lipinski definition) is 2. The molecule has 0 bridgehead atoms. The third kappa shape index (κ3) is 1.58. The quantitative estimate of drug-likeness (QED) is 0.553. The van der Waals surface area contributed by atoms with Gasteiger partial charge >= 0.3 is 0 Å². The fourth-order valence-corrected chi connectivity index (χ4v) is 1.39. The van der Waals surface area contributed by atoms with Crippen LogP contribution in [0.25, 0.3) is 0 Å². The molecule has 0 amide bonds. The lowest BCUT2D eigenvalue weighted by Gasteiger charge is -2.23. The van der Waals surface area contributed by atoms with E-state index >= 15 is 0 Å². The highest BCUT2D eigenvalue weighted by Gasteiger charge is 2.19. The van der Waals surface area contributed by atoms with E-state index in [9.17, 15) is 0 Å². The lowest BCUT2D eigenvalue weighted by atomic mass is 9.85. The summed E-state index contributed by atoms with van der Waals surface area (Å²) in [7, 11) is 0. The molecule has 0 saturated heterocycles. The molecule has 0 radical (unpaired) electrons. The summed E-state index contributed by atoms with van der Waals surface area (Å²) in [5, 5.41) is 17.7. The largest absolute Gasteiger partial charge is 0.396 e. The first kappa shape index (κ1) is 7.76. The van der Waals surface area contributed by atoms with Crippen molar-refractivity contribution in [3.05, 3.63) is 12.2 Å². The molecule has 1 aliphatic carbocycles. The van der Waals surface area contributed by atoms with Crippen LogP contribution in [0.3, 0.4) is 0 Å². The van der Waals surface area contributed by atoms with Gasteiger partial charge in [-0.3, -0.25) is 0 Å². The van der Waals surface area contributed by atoms with E-state index in [1.807, 2.05) is 6.08 Å². The van der Waals surface area contributed by atoms with Gasteiger partial charge in [0, 0.05) is 19.1 Å². The Kier molecular flexibility index (Phi) is 2.90. The fourth-order valence-electron chi connectivity index (χ4n) is 1.39. The van der Waals surface area contributed by atoms with Crippen molar-refractivity contribution in [2.24, 2.45) is 11.8 Å². The smallest absolute Gasteiger partial charge is 0.0497 e. The summed E-state index contributed by atoms with van der Waals surface area (Å²) < 4.78 is 0. The van der Waals surface area contributed by atoms with Crippen LogP contribution >= 0.6 is 0 Å². The third-order valence-electron chi connectivity index (χ3n) is 2.14. The first-order chi connectivity index (χ1) is 4.88. The lowest BCUT2D eigenvalue weighted by Crippen LogP contribution is -2.22. The van der Waals surface area contributed by atoms with Crippen molar-refractivity contribution in [3.8, 4) is 0 Å². The molecule has 1 aliphatic rings. The highest BCUT2D eigenvalue weighted by molar-refractivity contribution is 4.96. The van der Waals surface area contributed by atoms with Crippen LogP contribution in [-0.4, -0.2) is 23.4 Å². The second kappa shape index (κ2) is 3.74. The van der Waals surface area contributed by atoms with E-state index in [2.05, 4.69) is 6.08 Å². The third-order valence-corrected chi connectivity index (χ3v) is 2.14. The van der Waals surface area contributed by atoms with E-state index in [4.69, 9.17) is 10.2 Å². The number of allylic oxidation sites excluding steroid dienone is 1. The zero-order valence-corrected chi connectivity index (χ0v) is 6.03. The number of rotatable bonds is 2. The highest BCUT2D eigenvalue weighted by atomic mass is 16.3. The molecular weight excluding hydrogens is 128 g/mol. The Balaban J connectivity index is 2.47. The number of aliphatic hydroxyl groups excluding tert-OH is 2. The van der Waals surface area contributed by atoms with Gasteiger partial charge in [-0.05, 0) is 18.8 Å². The zero-order valence-electron chi connectivity index (χ0n) is 6.03. The Morgan fingerprint density at radius 2 is 2.10 bits per heavy atom. The molecule has 2 N–H and O–H groups in total. The number of aliphatic hydroxyl groups is 2. The van der Waals surface area contributed by atoms with Gasteiger partial charge in [-0.15, -0.1) is 0 Å². The summed E-state index contributed by atoms with van der Waals surface area (Å²) in [5.74, 6) is 0.480. The second-order valence-corrected chi connectivity index (χ2v) is 2.79. The molecule has 1 rings (SSSR count). The second-order valence-electron chi connectivity index (χ2n) is 2.79. The molecule has 2 atom stereocenters. The zero-order chi connectivity index (χ0) is 7.40. The molecule has 2 nitrogen and oxygen atoms in total. The molecule has 58 valence electrons. The highest BCUT2D eigenvalue weighted by Crippen LogP contribution is 2.23. The molecule has 10 heavy (non-hydrogen) atoms. The molecule has 0 aromatic heterocycles. The SMILES string of the molecule is OC[C@H]1CCC=C[C@@H]1CO. The predicted molar refractivity (Wildman–Crippen MR) is 39.5 cm³/mol. The van der Waals surface area contributed by atoms with Crippen molar-refractivity contribution in [1.82, 2.24) is 0 Å². The van der Waals surface area contributed by atoms with Gasteiger partial charge in [0.15, 0.2) is 0 Å². The van der Waals surface area contributed by atoms with Gasteiger partial charge in [0.1, 0.15) is 0 Å². The van der Waals surface area contributed by atoms with Crippen LogP contribution in [0.2, 0.25) is 0 Å². The fraction of sp³-hybridized carbons (Fsp3) is 0.750. The van der Waals surface area contributed by atoms with Gasteiger partial charge in [-0.1, -0.05) is 12.2 Å². The van der Waals surface area contributed by atoms with Gasteiger partial charge in [0.2, 0.25) is 0 Å². The maximum absolute atomic E-state index is 8.85. The average Bonchev–Trinajstić information content (AvgIpc) is 2.04. The van der Waals surface area contributed by atoms with Gasteiger partial charge in [-0.25, -0.2) is 0 Å². The van der Waals surface area contributed by atoms with Gasteiger partial charge in [0.25, 0.3) is 0 Å². The Hall–Kier alpha value is -0.340. The molecule has 0 heterocycles. The Morgan fingerprint density at radius 3 is 2.60 bits per heavy atom. The minimum Gasteiger partial charge on any atom is -0.396 e. The lowest BCUT2D eigenvalue weighted by molar-refractivity contribution is 0.135. The topological polar surface area (TPSA) is 40.5 Å². The molecule has 0 fully saturated rings. The molecule has 0 unspecified atom stereocenters. The van der Waals surface area contributed by atoms with Gasteiger partial charge in [-0.2, -0.15) is 0 Å². The average molecular weight is 142 g/mol. The van der Waals surface area contributed by atoms with Gasteiger partial charge in [0.05, 0.1) is 0 Å². The standard InChI is InChI=1S/C8H14O2/c9-5-7-3-1-2-4-8(7)6-10/h1,3,7-10H,2,4-6H2/t7-,8-/m1/s1.